The van der Waals surface area contributed by atoms with E-state index >= 15 is 0 Å². The molecule has 4 heteroatoms. The van der Waals surface area contributed by atoms with Crippen molar-refractivity contribution in [2.75, 3.05) is 27.2 Å². The molecule has 0 fully saturated rings. The molecule has 0 bridgehead atoms. The number of likely N-dealkylation sites (N-methyl/N-ethyl adjacent to an activating group) is 1. The van der Waals surface area contributed by atoms with Gasteiger partial charge in [0.15, 0.2) is 0 Å². The summed E-state index contributed by atoms with van der Waals surface area (Å²) in [5, 5.41) is 7.92. The van der Waals surface area contributed by atoms with Crippen LogP contribution in [-0.2, 0) is 6.54 Å². The van der Waals surface area contributed by atoms with E-state index in [0.717, 1.165) is 31.7 Å². The van der Waals surface area contributed by atoms with E-state index in [2.05, 4.69) is 55.5 Å². The molecule has 1 rings (SSSR count). The number of nitrogens with one attached hydrogen (secondary N) is 1. The highest BCUT2D eigenvalue weighted by atomic mass is 15.3. The van der Waals surface area contributed by atoms with Crippen molar-refractivity contribution in [3.8, 4) is 0 Å². The lowest BCUT2D eigenvalue weighted by atomic mass is 10.3. The molecule has 1 aromatic heterocycles. The second-order valence-electron chi connectivity index (χ2n) is 4.52. The first-order valence-corrected chi connectivity index (χ1v) is 6.03. The second kappa shape index (κ2) is 6.66. The average Bonchev–Trinajstić information content (AvgIpc) is 2.71. The van der Waals surface area contributed by atoms with Crippen molar-refractivity contribution in [3.63, 3.8) is 0 Å². The Morgan fingerprint density at radius 2 is 2.25 bits per heavy atom. The highest BCUT2D eigenvalue weighted by molar-refractivity contribution is 4.99. The van der Waals surface area contributed by atoms with Crippen molar-refractivity contribution in [1.29, 1.82) is 0 Å². The fraction of sp³-hybridized carbons (Fsp3) is 0.750. The van der Waals surface area contributed by atoms with Gasteiger partial charge in [0.1, 0.15) is 0 Å². The van der Waals surface area contributed by atoms with Crippen LogP contribution in [-0.4, -0.2) is 41.9 Å². The Labute approximate surface area is 98.6 Å². The standard InChI is InChI=1S/C12H24N4/c1-5-11(2)16-8-6-12(14-16)10-13-7-9-15(3)4/h6,8,11,13H,5,7,9-10H2,1-4H3. The lowest BCUT2D eigenvalue weighted by Crippen LogP contribution is -2.26. The largest absolute Gasteiger partial charge is 0.310 e. The van der Waals surface area contributed by atoms with Crippen LogP contribution in [0.3, 0.4) is 0 Å². The van der Waals surface area contributed by atoms with E-state index in [4.69, 9.17) is 0 Å². The van der Waals surface area contributed by atoms with E-state index in [0.29, 0.717) is 6.04 Å². The third-order valence-corrected chi connectivity index (χ3v) is 2.75. The topological polar surface area (TPSA) is 33.1 Å². The number of hydrogen-bond donors (Lipinski definition) is 1. The van der Waals surface area contributed by atoms with Gasteiger partial charge in [0.2, 0.25) is 0 Å². The van der Waals surface area contributed by atoms with Crippen molar-refractivity contribution < 1.29 is 0 Å². The van der Waals surface area contributed by atoms with E-state index in [9.17, 15) is 0 Å². The lowest BCUT2D eigenvalue weighted by Gasteiger charge is -2.10. The van der Waals surface area contributed by atoms with Gasteiger partial charge in [-0.1, -0.05) is 6.92 Å². The van der Waals surface area contributed by atoms with Crippen molar-refractivity contribution in [2.45, 2.75) is 32.9 Å². The van der Waals surface area contributed by atoms with Crippen LogP contribution < -0.4 is 5.32 Å². The summed E-state index contributed by atoms with van der Waals surface area (Å²) in [4.78, 5) is 2.17. The zero-order valence-electron chi connectivity index (χ0n) is 10.9. The van der Waals surface area contributed by atoms with Gasteiger partial charge in [-0.25, -0.2) is 0 Å². The summed E-state index contributed by atoms with van der Waals surface area (Å²) in [6.07, 6.45) is 3.19. The predicted molar refractivity (Wildman–Crippen MR) is 67.5 cm³/mol. The first-order chi connectivity index (χ1) is 7.63. The first-order valence-electron chi connectivity index (χ1n) is 6.03. The van der Waals surface area contributed by atoms with Crippen LogP contribution in [0, 0.1) is 0 Å². The van der Waals surface area contributed by atoms with Crippen molar-refractivity contribution in [2.24, 2.45) is 0 Å². The molecule has 16 heavy (non-hydrogen) atoms. The zero-order valence-corrected chi connectivity index (χ0v) is 10.9. The molecule has 0 amide bonds. The number of aromatic nitrogens is 2. The number of nitrogens with zero attached hydrogens (tertiary/aromatic N) is 3. The summed E-state index contributed by atoms with van der Waals surface area (Å²) in [6, 6.07) is 2.59. The zero-order chi connectivity index (χ0) is 12.0. The minimum Gasteiger partial charge on any atom is -0.310 e. The molecule has 1 unspecified atom stereocenters. The summed E-state index contributed by atoms with van der Waals surface area (Å²) in [6.45, 7) is 7.30. The maximum Gasteiger partial charge on any atom is 0.0762 e. The van der Waals surface area contributed by atoms with Crippen molar-refractivity contribution in [1.82, 2.24) is 20.0 Å². The third kappa shape index (κ3) is 4.33. The SMILES string of the molecule is CCC(C)n1ccc(CNCCN(C)C)n1. The molecule has 0 radical (unpaired) electrons. The Balaban J connectivity index is 2.29. The molecule has 0 saturated heterocycles. The molecule has 4 nitrogen and oxygen atoms in total. The normalized spacial score (nSPS) is 13.3. The van der Waals surface area contributed by atoms with Gasteiger partial charge < -0.3 is 10.2 Å². The molecule has 0 saturated carbocycles. The van der Waals surface area contributed by atoms with Crippen LogP contribution in [0.1, 0.15) is 32.0 Å². The van der Waals surface area contributed by atoms with E-state index < -0.39 is 0 Å². The number of hydrogen-bond acceptors (Lipinski definition) is 3. The summed E-state index contributed by atoms with van der Waals surface area (Å²) in [5.41, 5.74) is 1.12. The van der Waals surface area contributed by atoms with E-state index in [-0.39, 0.29) is 0 Å². The molecule has 1 atom stereocenters. The first kappa shape index (κ1) is 13.2. The molecule has 0 spiro atoms. The summed E-state index contributed by atoms with van der Waals surface area (Å²) >= 11 is 0. The molecule has 1 heterocycles. The van der Waals surface area contributed by atoms with Gasteiger partial charge >= 0.3 is 0 Å². The van der Waals surface area contributed by atoms with E-state index in [1.807, 2.05) is 4.68 Å². The van der Waals surface area contributed by atoms with Gasteiger partial charge in [-0.2, -0.15) is 5.10 Å². The molecule has 1 N–H and O–H groups in total. The maximum absolute atomic E-state index is 4.54. The highest BCUT2D eigenvalue weighted by Crippen LogP contribution is 2.08. The minimum atomic E-state index is 0.496. The quantitative estimate of drug-likeness (QED) is 0.713. The predicted octanol–water partition coefficient (Wildman–Crippen LogP) is 1.51. The maximum atomic E-state index is 4.54. The molecule has 0 aliphatic rings. The summed E-state index contributed by atoms with van der Waals surface area (Å²) in [5.74, 6) is 0. The van der Waals surface area contributed by atoms with Crippen LogP contribution in [0.5, 0.6) is 0 Å². The van der Waals surface area contributed by atoms with Gasteiger partial charge in [-0.15, -0.1) is 0 Å². The average molecular weight is 224 g/mol. The molecular weight excluding hydrogens is 200 g/mol. The van der Waals surface area contributed by atoms with Crippen LogP contribution >= 0.6 is 0 Å². The Kier molecular flexibility index (Phi) is 5.49. The third-order valence-electron chi connectivity index (χ3n) is 2.75. The lowest BCUT2D eigenvalue weighted by molar-refractivity contribution is 0.398. The van der Waals surface area contributed by atoms with Gasteiger partial charge in [0, 0.05) is 31.9 Å². The Hall–Kier alpha value is -0.870. The van der Waals surface area contributed by atoms with E-state index in [1.165, 1.54) is 0 Å². The molecule has 92 valence electrons. The fourth-order valence-electron chi connectivity index (χ4n) is 1.42. The fourth-order valence-corrected chi connectivity index (χ4v) is 1.42. The van der Waals surface area contributed by atoms with Gasteiger partial charge in [-0.3, -0.25) is 4.68 Å². The molecule has 0 aliphatic heterocycles. The van der Waals surface area contributed by atoms with Crippen LogP contribution in [0.4, 0.5) is 0 Å². The molecule has 0 aromatic carbocycles. The molecule has 0 aliphatic carbocycles. The second-order valence-corrected chi connectivity index (χ2v) is 4.52. The van der Waals surface area contributed by atoms with Crippen molar-refractivity contribution >= 4 is 0 Å². The monoisotopic (exact) mass is 224 g/mol. The van der Waals surface area contributed by atoms with Gasteiger partial charge in [0.05, 0.1) is 5.69 Å². The van der Waals surface area contributed by atoms with Crippen LogP contribution in [0.2, 0.25) is 0 Å². The highest BCUT2D eigenvalue weighted by Gasteiger charge is 2.03. The smallest absolute Gasteiger partial charge is 0.0762 e. The Morgan fingerprint density at radius 3 is 2.88 bits per heavy atom. The van der Waals surface area contributed by atoms with Crippen molar-refractivity contribution in [3.05, 3.63) is 18.0 Å². The van der Waals surface area contributed by atoms with Gasteiger partial charge in [0.25, 0.3) is 0 Å². The Bertz CT molecular complexity index is 293. The molecule has 1 aromatic rings. The summed E-state index contributed by atoms with van der Waals surface area (Å²) in [7, 11) is 4.17. The van der Waals surface area contributed by atoms with Crippen LogP contribution in [0.15, 0.2) is 12.3 Å². The van der Waals surface area contributed by atoms with Gasteiger partial charge in [-0.05, 0) is 33.5 Å². The van der Waals surface area contributed by atoms with Crippen LogP contribution in [0.25, 0.3) is 0 Å². The minimum absolute atomic E-state index is 0.496. The number of rotatable bonds is 7. The molecular formula is C12H24N4. The Morgan fingerprint density at radius 1 is 1.50 bits per heavy atom. The van der Waals surface area contributed by atoms with E-state index in [1.54, 1.807) is 0 Å². The summed E-state index contributed by atoms with van der Waals surface area (Å²) < 4.78 is 2.04.